The number of carboxylic acid groups (broad SMARTS) is 1. The lowest BCUT2D eigenvalue weighted by Crippen LogP contribution is -2.35. The summed E-state index contributed by atoms with van der Waals surface area (Å²) < 4.78 is 5.10. The fraction of sp³-hybridized carbons (Fsp3) is 0.429. The van der Waals surface area contributed by atoms with E-state index in [4.69, 9.17) is 16.3 Å². The van der Waals surface area contributed by atoms with E-state index in [-0.39, 0.29) is 11.8 Å². The lowest BCUT2D eigenvalue weighted by molar-refractivity contribution is -0.148. The van der Waals surface area contributed by atoms with Crippen molar-refractivity contribution in [3.8, 4) is 5.75 Å². The number of carbonyl (C=O) groups excluding carboxylic acids is 1. The largest absolute Gasteiger partial charge is 0.497 e. The van der Waals surface area contributed by atoms with Crippen LogP contribution in [-0.2, 0) is 9.59 Å². The second-order valence-corrected chi connectivity index (χ2v) is 5.10. The van der Waals surface area contributed by atoms with E-state index >= 15 is 0 Å². The minimum absolute atomic E-state index is 0.0108. The molecule has 1 aliphatic rings. The van der Waals surface area contributed by atoms with Crippen molar-refractivity contribution in [2.24, 2.45) is 5.92 Å². The van der Waals surface area contributed by atoms with E-state index < -0.39 is 12.0 Å². The Labute approximate surface area is 122 Å². The topological polar surface area (TPSA) is 66.8 Å². The van der Waals surface area contributed by atoms with Crippen LogP contribution in [0.2, 0.25) is 0 Å². The smallest absolute Gasteiger partial charge is 0.331 e. The van der Waals surface area contributed by atoms with E-state index in [2.05, 4.69) is 0 Å². The standard InChI is InChI=1S/C14H16ClNO4/c1-20-11-4-2-3-10(6-11)13(14(18)19)16-8-9(7-15)5-12(16)17/h2-4,6,9,13H,5,7-8H2,1H3,(H,18,19). The van der Waals surface area contributed by atoms with E-state index in [1.54, 1.807) is 24.3 Å². The van der Waals surface area contributed by atoms with E-state index in [0.717, 1.165) is 0 Å². The summed E-state index contributed by atoms with van der Waals surface area (Å²) in [6, 6.07) is 5.77. The number of benzene rings is 1. The van der Waals surface area contributed by atoms with Crippen LogP contribution in [-0.4, -0.2) is 41.4 Å². The van der Waals surface area contributed by atoms with Crippen molar-refractivity contribution in [1.29, 1.82) is 0 Å². The van der Waals surface area contributed by atoms with Gasteiger partial charge in [-0.1, -0.05) is 12.1 Å². The predicted molar refractivity (Wildman–Crippen MR) is 73.9 cm³/mol. The van der Waals surface area contributed by atoms with Crippen LogP contribution in [0.3, 0.4) is 0 Å². The molecule has 108 valence electrons. The quantitative estimate of drug-likeness (QED) is 0.843. The first-order chi connectivity index (χ1) is 9.56. The molecule has 0 aliphatic carbocycles. The fourth-order valence-electron chi connectivity index (χ4n) is 2.43. The minimum atomic E-state index is -1.05. The van der Waals surface area contributed by atoms with E-state index in [1.807, 2.05) is 0 Å². The van der Waals surface area contributed by atoms with E-state index in [0.29, 0.717) is 30.2 Å². The maximum absolute atomic E-state index is 12.0. The van der Waals surface area contributed by atoms with Gasteiger partial charge in [0, 0.05) is 18.8 Å². The average molecular weight is 298 g/mol. The van der Waals surface area contributed by atoms with Crippen molar-refractivity contribution < 1.29 is 19.4 Å². The van der Waals surface area contributed by atoms with Crippen LogP contribution in [0.1, 0.15) is 18.0 Å². The maximum Gasteiger partial charge on any atom is 0.331 e. The molecule has 1 aromatic rings. The molecule has 0 saturated carbocycles. The number of amides is 1. The van der Waals surface area contributed by atoms with Gasteiger partial charge < -0.3 is 14.7 Å². The lowest BCUT2D eigenvalue weighted by atomic mass is 10.1. The molecule has 20 heavy (non-hydrogen) atoms. The molecule has 0 spiro atoms. The number of rotatable bonds is 5. The third-order valence-electron chi connectivity index (χ3n) is 3.41. The molecular weight excluding hydrogens is 282 g/mol. The molecule has 5 nitrogen and oxygen atoms in total. The fourth-order valence-corrected chi connectivity index (χ4v) is 2.64. The number of alkyl halides is 1. The zero-order valence-electron chi connectivity index (χ0n) is 11.1. The monoisotopic (exact) mass is 297 g/mol. The third-order valence-corrected chi connectivity index (χ3v) is 3.85. The number of hydrogen-bond donors (Lipinski definition) is 1. The molecular formula is C14H16ClNO4. The van der Waals surface area contributed by atoms with Gasteiger partial charge in [-0.3, -0.25) is 4.79 Å². The van der Waals surface area contributed by atoms with Gasteiger partial charge in [-0.25, -0.2) is 4.79 Å². The number of nitrogens with zero attached hydrogens (tertiary/aromatic N) is 1. The molecule has 2 rings (SSSR count). The Morgan fingerprint density at radius 1 is 1.60 bits per heavy atom. The van der Waals surface area contributed by atoms with E-state index in [1.165, 1.54) is 12.0 Å². The molecule has 1 N–H and O–H groups in total. The van der Waals surface area contributed by atoms with Gasteiger partial charge in [-0.15, -0.1) is 11.6 Å². The van der Waals surface area contributed by atoms with Crippen molar-refractivity contribution in [2.75, 3.05) is 19.5 Å². The van der Waals surface area contributed by atoms with Crippen molar-refractivity contribution in [3.63, 3.8) is 0 Å². The summed E-state index contributed by atoms with van der Waals surface area (Å²) >= 11 is 5.77. The summed E-state index contributed by atoms with van der Waals surface area (Å²) in [5, 5.41) is 9.46. The second kappa shape index (κ2) is 6.13. The summed E-state index contributed by atoms with van der Waals surface area (Å²) in [6.07, 6.45) is 0.303. The van der Waals surface area contributed by atoms with Crippen LogP contribution in [0.25, 0.3) is 0 Å². The highest BCUT2D eigenvalue weighted by Crippen LogP contribution is 2.31. The lowest BCUT2D eigenvalue weighted by Gasteiger charge is -2.25. The Bertz CT molecular complexity index is 520. The highest BCUT2D eigenvalue weighted by molar-refractivity contribution is 6.18. The van der Waals surface area contributed by atoms with Gasteiger partial charge in [0.1, 0.15) is 5.75 Å². The van der Waals surface area contributed by atoms with Gasteiger partial charge >= 0.3 is 5.97 Å². The van der Waals surface area contributed by atoms with Crippen LogP contribution in [0.15, 0.2) is 24.3 Å². The molecule has 1 amide bonds. The Hall–Kier alpha value is -1.75. The number of halogens is 1. The van der Waals surface area contributed by atoms with Crippen molar-refractivity contribution in [3.05, 3.63) is 29.8 Å². The van der Waals surface area contributed by atoms with Gasteiger partial charge in [0.15, 0.2) is 6.04 Å². The first-order valence-corrected chi connectivity index (χ1v) is 6.82. The molecule has 2 unspecified atom stereocenters. The molecule has 1 fully saturated rings. The van der Waals surface area contributed by atoms with Crippen molar-refractivity contribution >= 4 is 23.5 Å². The van der Waals surface area contributed by atoms with Gasteiger partial charge in [0.05, 0.1) is 7.11 Å². The Morgan fingerprint density at radius 3 is 2.90 bits per heavy atom. The van der Waals surface area contributed by atoms with Crippen LogP contribution in [0.5, 0.6) is 5.75 Å². The number of hydrogen-bond acceptors (Lipinski definition) is 3. The molecule has 0 aromatic heterocycles. The molecule has 0 bridgehead atoms. The van der Waals surface area contributed by atoms with Crippen LogP contribution in [0.4, 0.5) is 0 Å². The zero-order chi connectivity index (χ0) is 14.7. The van der Waals surface area contributed by atoms with Crippen LogP contribution < -0.4 is 4.74 Å². The molecule has 1 saturated heterocycles. The molecule has 1 heterocycles. The number of methoxy groups -OCH3 is 1. The predicted octanol–water partition coefficient (Wildman–Crippen LogP) is 1.91. The Balaban J connectivity index is 2.32. The summed E-state index contributed by atoms with van der Waals surface area (Å²) in [6.45, 7) is 0.372. The second-order valence-electron chi connectivity index (χ2n) is 4.79. The summed E-state index contributed by atoms with van der Waals surface area (Å²) in [5.41, 5.74) is 0.528. The van der Waals surface area contributed by atoms with Gasteiger partial charge in [0.25, 0.3) is 0 Å². The van der Waals surface area contributed by atoms with E-state index in [9.17, 15) is 14.7 Å². The average Bonchev–Trinajstić information content (AvgIpc) is 2.80. The third kappa shape index (κ3) is 2.88. The summed E-state index contributed by atoms with van der Waals surface area (Å²) in [4.78, 5) is 24.9. The number of aliphatic carboxylic acids is 1. The maximum atomic E-state index is 12.0. The molecule has 2 atom stereocenters. The number of likely N-dealkylation sites (tertiary alicyclic amines) is 1. The molecule has 0 radical (unpaired) electrons. The van der Waals surface area contributed by atoms with Gasteiger partial charge in [0.2, 0.25) is 5.91 Å². The molecule has 1 aromatic carbocycles. The van der Waals surface area contributed by atoms with Crippen molar-refractivity contribution in [2.45, 2.75) is 12.5 Å². The van der Waals surface area contributed by atoms with Crippen LogP contribution in [0, 0.1) is 5.92 Å². The first kappa shape index (κ1) is 14.7. The number of ether oxygens (including phenoxy) is 1. The molecule has 1 aliphatic heterocycles. The van der Waals surface area contributed by atoms with Crippen LogP contribution >= 0.6 is 11.6 Å². The SMILES string of the molecule is COc1cccc(C(C(=O)O)N2CC(CCl)CC2=O)c1. The Kier molecular flexibility index (Phi) is 4.49. The molecule has 6 heteroatoms. The van der Waals surface area contributed by atoms with Gasteiger partial charge in [-0.05, 0) is 23.6 Å². The minimum Gasteiger partial charge on any atom is -0.497 e. The summed E-state index contributed by atoms with van der Waals surface area (Å²) in [7, 11) is 1.51. The highest BCUT2D eigenvalue weighted by Gasteiger charge is 2.38. The highest BCUT2D eigenvalue weighted by atomic mass is 35.5. The van der Waals surface area contributed by atoms with Gasteiger partial charge in [-0.2, -0.15) is 0 Å². The first-order valence-electron chi connectivity index (χ1n) is 6.29. The summed E-state index contributed by atoms with van der Waals surface area (Å²) in [5.74, 6) is -0.300. The Morgan fingerprint density at radius 2 is 2.35 bits per heavy atom. The number of carbonyl (C=O) groups is 2. The number of carboxylic acids is 1. The van der Waals surface area contributed by atoms with Crippen molar-refractivity contribution in [1.82, 2.24) is 4.90 Å². The normalized spacial score (nSPS) is 20.0. The zero-order valence-corrected chi connectivity index (χ0v) is 11.8.